The number of rotatable bonds is 6. The number of carbonyl (C=O) groups excluding carboxylic acids is 1. The minimum Gasteiger partial charge on any atom is -0.460 e. The van der Waals surface area contributed by atoms with Gasteiger partial charge in [-0.1, -0.05) is 35.0 Å². The molecule has 0 radical (unpaired) electrons. The standard InChI is InChI=1S/C12H16BrNO2/c1-2-7-14-8-12(15)16-9-10-3-5-11(13)6-4-10/h3-6,14H,2,7-9H2,1H3. The van der Waals surface area contributed by atoms with Crippen LogP contribution < -0.4 is 5.32 Å². The second-order valence-corrected chi connectivity index (χ2v) is 4.38. The van der Waals surface area contributed by atoms with Gasteiger partial charge in [0.1, 0.15) is 6.61 Å². The molecule has 88 valence electrons. The maximum atomic E-state index is 11.3. The van der Waals surface area contributed by atoms with Crippen LogP contribution in [0.3, 0.4) is 0 Å². The number of nitrogens with one attached hydrogen (secondary N) is 1. The van der Waals surface area contributed by atoms with Gasteiger partial charge in [0.2, 0.25) is 0 Å². The SMILES string of the molecule is CCCNCC(=O)OCc1ccc(Br)cc1. The lowest BCUT2D eigenvalue weighted by Gasteiger charge is -2.05. The molecule has 1 rings (SSSR count). The Hall–Kier alpha value is -0.870. The van der Waals surface area contributed by atoms with Crippen molar-refractivity contribution in [1.82, 2.24) is 5.32 Å². The van der Waals surface area contributed by atoms with Gasteiger partial charge in [-0.05, 0) is 30.7 Å². The first-order valence-corrected chi connectivity index (χ1v) is 6.12. The van der Waals surface area contributed by atoms with Gasteiger partial charge in [0.25, 0.3) is 0 Å². The first kappa shape index (κ1) is 13.2. The quantitative estimate of drug-likeness (QED) is 0.645. The molecule has 0 saturated carbocycles. The van der Waals surface area contributed by atoms with Crippen molar-refractivity contribution in [3.8, 4) is 0 Å². The fraction of sp³-hybridized carbons (Fsp3) is 0.417. The highest BCUT2D eigenvalue weighted by Crippen LogP contribution is 2.11. The fourth-order valence-corrected chi connectivity index (χ4v) is 1.43. The molecule has 1 aromatic rings. The zero-order valence-electron chi connectivity index (χ0n) is 9.33. The van der Waals surface area contributed by atoms with Crippen LogP contribution in [0.15, 0.2) is 28.7 Å². The van der Waals surface area contributed by atoms with Crippen LogP contribution in [0.25, 0.3) is 0 Å². The number of benzene rings is 1. The summed E-state index contributed by atoms with van der Waals surface area (Å²) < 4.78 is 6.12. The lowest BCUT2D eigenvalue weighted by molar-refractivity contribution is -0.143. The third-order valence-electron chi connectivity index (χ3n) is 2.01. The Bertz CT molecular complexity index is 324. The number of halogens is 1. The molecule has 0 fully saturated rings. The molecule has 0 aliphatic heterocycles. The van der Waals surface area contributed by atoms with Crippen molar-refractivity contribution in [3.63, 3.8) is 0 Å². The molecule has 16 heavy (non-hydrogen) atoms. The van der Waals surface area contributed by atoms with Crippen LogP contribution in [-0.2, 0) is 16.1 Å². The predicted octanol–water partition coefficient (Wildman–Crippen LogP) is 2.49. The Kier molecular flexibility index (Phi) is 6.11. The van der Waals surface area contributed by atoms with Gasteiger partial charge >= 0.3 is 5.97 Å². The van der Waals surface area contributed by atoms with Gasteiger partial charge in [-0.3, -0.25) is 4.79 Å². The van der Waals surface area contributed by atoms with E-state index in [9.17, 15) is 4.79 Å². The average molecular weight is 286 g/mol. The molecule has 3 nitrogen and oxygen atoms in total. The van der Waals surface area contributed by atoms with Crippen LogP contribution >= 0.6 is 15.9 Å². The van der Waals surface area contributed by atoms with Crippen molar-refractivity contribution < 1.29 is 9.53 Å². The molecule has 4 heteroatoms. The molecule has 1 N–H and O–H groups in total. The topological polar surface area (TPSA) is 38.3 Å². The Morgan fingerprint density at radius 1 is 1.38 bits per heavy atom. The smallest absolute Gasteiger partial charge is 0.320 e. The summed E-state index contributed by atoms with van der Waals surface area (Å²) in [5.41, 5.74) is 0.993. The summed E-state index contributed by atoms with van der Waals surface area (Å²) in [6.45, 7) is 3.51. The third-order valence-corrected chi connectivity index (χ3v) is 2.54. The van der Waals surface area contributed by atoms with Gasteiger partial charge < -0.3 is 10.1 Å². The molecule has 0 unspecified atom stereocenters. The Balaban J connectivity index is 2.23. The van der Waals surface area contributed by atoms with Crippen molar-refractivity contribution in [1.29, 1.82) is 0 Å². The van der Waals surface area contributed by atoms with Crippen LogP contribution in [0.5, 0.6) is 0 Å². The second-order valence-electron chi connectivity index (χ2n) is 3.46. The summed E-state index contributed by atoms with van der Waals surface area (Å²) >= 11 is 3.35. The van der Waals surface area contributed by atoms with E-state index >= 15 is 0 Å². The first-order valence-electron chi connectivity index (χ1n) is 5.33. The molecule has 0 bridgehead atoms. The highest BCUT2D eigenvalue weighted by molar-refractivity contribution is 9.10. The van der Waals surface area contributed by atoms with E-state index in [0.717, 1.165) is 23.0 Å². The van der Waals surface area contributed by atoms with Crippen LogP contribution in [0.4, 0.5) is 0 Å². The van der Waals surface area contributed by atoms with Crippen LogP contribution in [0, 0.1) is 0 Å². The molecule has 1 aromatic carbocycles. The fourth-order valence-electron chi connectivity index (χ4n) is 1.16. The Labute approximate surface area is 104 Å². The van der Waals surface area contributed by atoms with Gasteiger partial charge in [-0.2, -0.15) is 0 Å². The zero-order valence-corrected chi connectivity index (χ0v) is 10.9. The van der Waals surface area contributed by atoms with E-state index in [1.807, 2.05) is 24.3 Å². The molecule has 0 aliphatic carbocycles. The Morgan fingerprint density at radius 2 is 2.06 bits per heavy atom. The van der Waals surface area contributed by atoms with Crippen LogP contribution in [-0.4, -0.2) is 19.1 Å². The lowest BCUT2D eigenvalue weighted by Crippen LogP contribution is -2.25. The number of ether oxygens (including phenoxy) is 1. The summed E-state index contributed by atoms with van der Waals surface area (Å²) in [6, 6.07) is 7.71. The molecular weight excluding hydrogens is 270 g/mol. The number of hydrogen-bond donors (Lipinski definition) is 1. The Morgan fingerprint density at radius 3 is 2.69 bits per heavy atom. The molecule has 0 saturated heterocycles. The third kappa shape index (κ3) is 5.28. The van der Waals surface area contributed by atoms with Gasteiger partial charge in [0, 0.05) is 4.47 Å². The summed E-state index contributed by atoms with van der Waals surface area (Å²) in [7, 11) is 0. The van der Waals surface area contributed by atoms with E-state index in [1.54, 1.807) is 0 Å². The van der Waals surface area contributed by atoms with Crippen molar-refractivity contribution in [2.45, 2.75) is 20.0 Å². The molecule has 0 aromatic heterocycles. The summed E-state index contributed by atoms with van der Waals surface area (Å²) in [4.78, 5) is 11.3. The molecule has 0 spiro atoms. The van der Waals surface area contributed by atoms with Crippen molar-refractivity contribution in [3.05, 3.63) is 34.3 Å². The minimum absolute atomic E-state index is 0.212. The van der Waals surface area contributed by atoms with Crippen molar-refractivity contribution >= 4 is 21.9 Å². The minimum atomic E-state index is -0.212. The van der Waals surface area contributed by atoms with E-state index in [-0.39, 0.29) is 12.5 Å². The zero-order chi connectivity index (χ0) is 11.8. The van der Waals surface area contributed by atoms with E-state index in [1.165, 1.54) is 0 Å². The molecule has 0 heterocycles. The summed E-state index contributed by atoms with van der Waals surface area (Å²) in [5.74, 6) is -0.212. The van der Waals surface area contributed by atoms with E-state index in [4.69, 9.17) is 4.74 Å². The largest absolute Gasteiger partial charge is 0.460 e. The monoisotopic (exact) mass is 285 g/mol. The van der Waals surface area contributed by atoms with E-state index in [0.29, 0.717) is 6.61 Å². The highest BCUT2D eigenvalue weighted by Gasteiger charge is 2.01. The van der Waals surface area contributed by atoms with Gasteiger partial charge in [0.05, 0.1) is 6.54 Å². The summed E-state index contributed by atoms with van der Waals surface area (Å²) in [5, 5.41) is 3.00. The maximum Gasteiger partial charge on any atom is 0.320 e. The molecule has 0 amide bonds. The number of hydrogen-bond acceptors (Lipinski definition) is 3. The molecule has 0 atom stereocenters. The normalized spacial score (nSPS) is 10.1. The average Bonchev–Trinajstić information content (AvgIpc) is 2.29. The van der Waals surface area contributed by atoms with E-state index < -0.39 is 0 Å². The van der Waals surface area contributed by atoms with Crippen LogP contribution in [0.2, 0.25) is 0 Å². The van der Waals surface area contributed by atoms with Gasteiger partial charge in [0.15, 0.2) is 0 Å². The lowest BCUT2D eigenvalue weighted by atomic mass is 10.2. The van der Waals surface area contributed by atoms with Gasteiger partial charge in [-0.25, -0.2) is 0 Å². The molecular formula is C12H16BrNO2. The van der Waals surface area contributed by atoms with Crippen molar-refractivity contribution in [2.24, 2.45) is 0 Å². The summed E-state index contributed by atoms with van der Waals surface area (Å²) in [6.07, 6.45) is 1.01. The maximum absolute atomic E-state index is 11.3. The predicted molar refractivity (Wildman–Crippen MR) is 67.1 cm³/mol. The van der Waals surface area contributed by atoms with Gasteiger partial charge in [-0.15, -0.1) is 0 Å². The van der Waals surface area contributed by atoms with E-state index in [2.05, 4.69) is 28.2 Å². The number of carbonyl (C=O) groups is 1. The first-order chi connectivity index (χ1) is 7.72. The van der Waals surface area contributed by atoms with Crippen molar-refractivity contribution in [2.75, 3.05) is 13.1 Å². The van der Waals surface area contributed by atoms with Crippen LogP contribution in [0.1, 0.15) is 18.9 Å². The highest BCUT2D eigenvalue weighted by atomic mass is 79.9. The second kappa shape index (κ2) is 7.41. The molecule has 0 aliphatic rings. The number of esters is 1.